The lowest BCUT2D eigenvalue weighted by Crippen LogP contribution is -1.96. The van der Waals surface area contributed by atoms with Gasteiger partial charge in [0.05, 0.1) is 18.0 Å². The first kappa shape index (κ1) is 12.3. The second-order valence-corrected chi connectivity index (χ2v) is 4.60. The zero-order chi connectivity index (χ0) is 13.8. The van der Waals surface area contributed by atoms with Crippen molar-refractivity contribution in [3.8, 4) is 11.8 Å². The number of fused-ring (bicyclic) bond motifs is 1. The van der Waals surface area contributed by atoms with Crippen molar-refractivity contribution in [2.24, 2.45) is 0 Å². The van der Waals surface area contributed by atoms with E-state index in [1.165, 1.54) is 0 Å². The molecule has 0 fully saturated rings. The van der Waals surface area contributed by atoms with Gasteiger partial charge >= 0.3 is 0 Å². The third kappa shape index (κ3) is 2.36. The second kappa shape index (κ2) is 5.50. The number of rotatable bonds is 4. The molecule has 3 aromatic rings. The van der Waals surface area contributed by atoms with Crippen molar-refractivity contribution in [2.45, 2.75) is 13.0 Å². The molecule has 0 atom stereocenters. The lowest BCUT2D eigenvalue weighted by molar-refractivity contribution is 0.310. The summed E-state index contributed by atoms with van der Waals surface area (Å²) < 4.78 is 5.89. The zero-order valence-corrected chi connectivity index (χ0v) is 11.0. The topological polar surface area (TPSA) is 48.8 Å². The lowest BCUT2D eigenvalue weighted by Gasteiger charge is -2.09. The fraction of sp³-hybridized carbons (Fsp3) is 0.118. The average molecular weight is 262 g/mol. The van der Waals surface area contributed by atoms with E-state index in [9.17, 15) is 0 Å². The molecule has 3 nitrogen and oxygen atoms in total. The number of aromatic nitrogens is 1. The molecule has 98 valence electrons. The predicted octanol–water partition coefficient (Wildman–Crippen LogP) is 3.81. The average Bonchev–Trinajstić information content (AvgIpc) is 2.98. The molecule has 0 unspecified atom stereocenters. The maximum absolute atomic E-state index is 8.84. The summed E-state index contributed by atoms with van der Waals surface area (Å²) in [6, 6.07) is 18.1. The molecule has 0 saturated carbocycles. The number of nitriles is 1. The Bertz CT molecular complexity index is 754. The molecule has 0 radical (unpaired) electrons. The van der Waals surface area contributed by atoms with Gasteiger partial charge in [0.25, 0.3) is 0 Å². The van der Waals surface area contributed by atoms with Crippen LogP contribution in [0, 0.1) is 11.3 Å². The molecule has 20 heavy (non-hydrogen) atoms. The zero-order valence-electron chi connectivity index (χ0n) is 11.0. The lowest BCUT2D eigenvalue weighted by atomic mass is 10.1. The van der Waals surface area contributed by atoms with Crippen LogP contribution >= 0.6 is 0 Å². The van der Waals surface area contributed by atoms with Gasteiger partial charge in [0.1, 0.15) is 12.4 Å². The van der Waals surface area contributed by atoms with Crippen LogP contribution in [0.4, 0.5) is 0 Å². The minimum Gasteiger partial charge on any atom is -0.488 e. The van der Waals surface area contributed by atoms with Crippen LogP contribution in [-0.2, 0) is 13.0 Å². The first-order valence-electron chi connectivity index (χ1n) is 6.51. The van der Waals surface area contributed by atoms with Crippen molar-refractivity contribution in [3.63, 3.8) is 0 Å². The Labute approximate surface area is 117 Å². The predicted molar refractivity (Wildman–Crippen MR) is 78.4 cm³/mol. The molecule has 1 N–H and O–H groups in total. The molecule has 0 saturated heterocycles. The third-order valence-electron chi connectivity index (χ3n) is 3.28. The van der Waals surface area contributed by atoms with Gasteiger partial charge in [-0.25, -0.2) is 0 Å². The van der Waals surface area contributed by atoms with Crippen LogP contribution in [0.3, 0.4) is 0 Å². The quantitative estimate of drug-likeness (QED) is 0.777. The van der Waals surface area contributed by atoms with E-state index in [0.717, 1.165) is 27.8 Å². The minimum absolute atomic E-state index is 0.399. The summed E-state index contributed by atoms with van der Waals surface area (Å²) in [5.74, 6) is 0.840. The Morgan fingerprint density at radius 2 is 1.90 bits per heavy atom. The fourth-order valence-corrected chi connectivity index (χ4v) is 2.28. The number of aromatic amines is 1. The molecule has 1 aromatic heterocycles. The van der Waals surface area contributed by atoms with Crippen LogP contribution in [-0.4, -0.2) is 4.98 Å². The van der Waals surface area contributed by atoms with E-state index in [1.807, 2.05) is 54.7 Å². The highest BCUT2D eigenvalue weighted by atomic mass is 16.5. The molecule has 0 amide bonds. The summed E-state index contributed by atoms with van der Waals surface area (Å²) in [6.45, 7) is 0.540. The van der Waals surface area contributed by atoms with E-state index in [1.54, 1.807) is 0 Å². The van der Waals surface area contributed by atoms with Crippen LogP contribution in [0.5, 0.6) is 5.75 Å². The molecule has 3 heteroatoms. The van der Waals surface area contributed by atoms with Crippen molar-refractivity contribution in [1.82, 2.24) is 4.98 Å². The summed E-state index contributed by atoms with van der Waals surface area (Å²) in [4.78, 5) is 3.18. The van der Waals surface area contributed by atoms with Crippen molar-refractivity contribution < 1.29 is 4.74 Å². The van der Waals surface area contributed by atoms with Gasteiger partial charge in [-0.05, 0) is 23.3 Å². The Balaban J connectivity index is 1.88. The molecular formula is C17H14N2O. The van der Waals surface area contributed by atoms with Gasteiger partial charge in [-0.3, -0.25) is 0 Å². The first-order valence-corrected chi connectivity index (χ1v) is 6.51. The van der Waals surface area contributed by atoms with Gasteiger partial charge in [0.2, 0.25) is 0 Å². The van der Waals surface area contributed by atoms with E-state index in [0.29, 0.717) is 13.0 Å². The highest BCUT2D eigenvalue weighted by Gasteiger charge is 2.08. The molecule has 0 bridgehead atoms. The van der Waals surface area contributed by atoms with E-state index < -0.39 is 0 Å². The SMILES string of the molecule is N#CCc1ccc(OCc2ccccc2)c2cc[nH]c12. The molecular weight excluding hydrogens is 248 g/mol. The maximum Gasteiger partial charge on any atom is 0.129 e. The van der Waals surface area contributed by atoms with E-state index >= 15 is 0 Å². The van der Waals surface area contributed by atoms with Gasteiger partial charge in [-0.1, -0.05) is 36.4 Å². The van der Waals surface area contributed by atoms with E-state index in [4.69, 9.17) is 10.00 Å². The van der Waals surface area contributed by atoms with Gasteiger partial charge < -0.3 is 9.72 Å². The van der Waals surface area contributed by atoms with Crippen LogP contribution in [0.25, 0.3) is 10.9 Å². The van der Waals surface area contributed by atoms with Gasteiger partial charge in [-0.2, -0.15) is 5.26 Å². The normalized spacial score (nSPS) is 10.3. The molecule has 3 rings (SSSR count). The molecule has 0 aliphatic heterocycles. The van der Waals surface area contributed by atoms with Crippen molar-refractivity contribution in [2.75, 3.05) is 0 Å². The summed E-state index contributed by atoms with van der Waals surface area (Å²) >= 11 is 0. The Morgan fingerprint density at radius 1 is 1.05 bits per heavy atom. The molecule has 0 spiro atoms. The Morgan fingerprint density at radius 3 is 2.70 bits per heavy atom. The Kier molecular flexibility index (Phi) is 3.38. The van der Waals surface area contributed by atoms with Crippen LogP contribution < -0.4 is 4.74 Å². The fourth-order valence-electron chi connectivity index (χ4n) is 2.28. The summed E-state index contributed by atoms with van der Waals surface area (Å²) in [7, 11) is 0. The van der Waals surface area contributed by atoms with Crippen molar-refractivity contribution in [3.05, 3.63) is 65.9 Å². The van der Waals surface area contributed by atoms with E-state index in [-0.39, 0.29) is 0 Å². The number of nitrogens with zero attached hydrogens (tertiary/aromatic N) is 1. The number of ether oxygens (including phenoxy) is 1. The number of hydrogen-bond acceptors (Lipinski definition) is 2. The summed E-state index contributed by atoms with van der Waals surface area (Å²) in [5, 5.41) is 9.86. The highest BCUT2D eigenvalue weighted by molar-refractivity contribution is 5.88. The van der Waals surface area contributed by atoms with Gasteiger partial charge in [0, 0.05) is 11.6 Å². The van der Waals surface area contributed by atoms with Crippen LogP contribution in [0.15, 0.2) is 54.7 Å². The van der Waals surface area contributed by atoms with Crippen LogP contribution in [0.1, 0.15) is 11.1 Å². The smallest absolute Gasteiger partial charge is 0.129 e. The highest BCUT2D eigenvalue weighted by Crippen LogP contribution is 2.28. The second-order valence-electron chi connectivity index (χ2n) is 4.60. The molecule has 0 aliphatic rings. The molecule has 1 heterocycles. The van der Waals surface area contributed by atoms with Gasteiger partial charge in [-0.15, -0.1) is 0 Å². The number of hydrogen-bond donors (Lipinski definition) is 1. The van der Waals surface area contributed by atoms with Gasteiger partial charge in [0.15, 0.2) is 0 Å². The number of nitrogens with one attached hydrogen (secondary N) is 1. The largest absolute Gasteiger partial charge is 0.488 e. The van der Waals surface area contributed by atoms with Crippen LogP contribution in [0.2, 0.25) is 0 Å². The maximum atomic E-state index is 8.84. The number of H-pyrrole nitrogens is 1. The third-order valence-corrected chi connectivity index (χ3v) is 3.28. The standard InChI is InChI=1S/C17H14N2O/c18-10-8-14-6-7-16(15-9-11-19-17(14)15)20-12-13-4-2-1-3-5-13/h1-7,9,11,19H,8,12H2. The number of benzene rings is 2. The minimum atomic E-state index is 0.399. The monoisotopic (exact) mass is 262 g/mol. The van der Waals surface area contributed by atoms with E-state index in [2.05, 4.69) is 11.1 Å². The first-order chi connectivity index (χ1) is 9.88. The molecule has 0 aliphatic carbocycles. The summed E-state index contributed by atoms with van der Waals surface area (Å²) in [5.41, 5.74) is 3.12. The van der Waals surface area contributed by atoms with Crippen molar-refractivity contribution >= 4 is 10.9 Å². The Hall–Kier alpha value is -2.73. The summed E-state index contributed by atoms with van der Waals surface area (Å²) in [6.07, 6.45) is 2.27. The van der Waals surface area contributed by atoms with Crippen molar-refractivity contribution in [1.29, 1.82) is 5.26 Å². The molecule has 2 aromatic carbocycles.